The monoisotopic (exact) mass is 336 g/mol. The van der Waals surface area contributed by atoms with Gasteiger partial charge in [-0.1, -0.05) is 23.7 Å². The van der Waals surface area contributed by atoms with Gasteiger partial charge in [0.1, 0.15) is 0 Å². The van der Waals surface area contributed by atoms with E-state index in [1.54, 1.807) is 12.1 Å². The summed E-state index contributed by atoms with van der Waals surface area (Å²) in [5.41, 5.74) is -1.40. The van der Waals surface area contributed by atoms with E-state index in [0.29, 0.717) is 11.4 Å². The standard InChI is InChI=1S/C17H21ClN2O3/c1-15(2)10-17(16(3,4)23-15)13(21)20(14(22)19-17)9-11-5-7-12(18)8-6-11/h5-8H,9-10H2,1-4H3,(H,19,22). The van der Waals surface area contributed by atoms with Gasteiger partial charge in [0.15, 0.2) is 5.54 Å². The summed E-state index contributed by atoms with van der Waals surface area (Å²) in [4.78, 5) is 26.7. The number of ether oxygens (including phenoxy) is 1. The van der Waals surface area contributed by atoms with Gasteiger partial charge in [-0.05, 0) is 45.4 Å². The van der Waals surface area contributed by atoms with Crippen LogP contribution >= 0.6 is 11.6 Å². The number of carbonyl (C=O) groups excluding carboxylic acids is 2. The van der Waals surface area contributed by atoms with Crippen molar-refractivity contribution in [1.82, 2.24) is 10.2 Å². The summed E-state index contributed by atoms with van der Waals surface area (Å²) in [6.07, 6.45) is 0.453. The number of rotatable bonds is 2. The van der Waals surface area contributed by atoms with E-state index in [-0.39, 0.29) is 18.5 Å². The third kappa shape index (κ3) is 2.52. The Morgan fingerprint density at radius 2 is 1.78 bits per heavy atom. The number of nitrogens with one attached hydrogen (secondary N) is 1. The van der Waals surface area contributed by atoms with Crippen LogP contribution in [-0.2, 0) is 16.1 Å². The number of halogens is 1. The van der Waals surface area contributed by atoms with Crippen LogP contribution in [0, 0.1) is 0 Å². The minimum atomic E-state index is -1.01. The molecule has 23 heavy (non-hydrogen) atoms. The van der Waals surface area contributed by atoms with Crippen molar-refractivity contribution in [3.05, 3.63) is 34.9 Å². The Morgan fingerprint density at radius 3 is 2.30 bits per heavy atom. The molecule has 1 spiro atoms. The minimum absolute atomic E-state index is 0.222. The van der Waals surface area contributed by atoms with Crippen LogP contribution in [-0.4, -0.2) is 33.6 Å². The summed E-state index contributed by atoms with van der Waals surface area (Å²) < 4.78 is 6.03. The molecule has 2 aliphatic heterocycles. The van der Waals surface area contributed by atoms with E-state index < -0.39 is 16.7 Å². The maximum atomic E-state index is 13.1. The maximum Gasteiger partial charge on any atom is 0.325 e. The van der Waals surface area contributed by atoms with E-state index in [2.05, 4.69) is 5.32 Å². The van der Waals surface area contributed by atoms with Crippen LogP contribution in [0.25, 0.3) is 0 Å². The van der Waals surface area contributed by atoms with E-state index in [1.165, 1.54) is 4.90 Å². The SMILES string of the molecule is CC1(C)CC2(NC(=O)N(Cc3ccc(Cl)cc3)C2=O)C(C)(C)O1. The highest BCUT2D eigenvalue weighted by atomic mass is 35.5. The van der Waals surface area contributed by atoms with Gasteiger partial charge in [-0.2, -0.15) is 0 Å². The predicted octanol–water partition coefficient (Wildman–Crippen LogP) is 3.11. The quantitative estimate of drug-likeness (QED) is 0.844. The highest BCUT2D eigenvalue weighted by molar-refractivity contribution is 6.30. The molecule has 0 saturated carbocycles. The lowest BCUT2D eigenvalue weighted by Gasteiger charge is -2.33. The van der Waals surface area contributed by atoms with Crippen LogP contribution in [0.4, 0.5) is 4.79 Å². The van der Waals surface area contributed by atoms with Crippen LogP contribution in [0.15, 0.2) is 24.3 Å². The minimum Gasteiger partial charge on any atom is -0.367 e. The highest BCUT2D eigenvalue weighted by Gasteiger charge is 2.67. The molecule has 0 radical (unpaired) electrons. The van der Waals surface area contributed by atoms with Crippen molar-refractivity contribution in [2.75, 3.05) is 0 Å². The summed E-state index contributed by atoms with van der Waals surface area (Å²) in [6, 6.07) is 6.75. The highest BCUT2D eigenvalue weighted by Crippen LogP contribution is 2.48. The first-order chi connectivity index (χ1) is 10.6. The van der Waals surface area contributed by atoms with Gasteiger partial charge in [-0.3, -0.25) is 9.69 Å². The number of nitrogens with zero attached hydrogens (tertiary/aromatic N) is 1. The molecule has 1 atom stereocenters. The molecule has 2 saturated heterocycles. The Labute approximate surface area is 140 Å². The molecule has 2 fully saturated rings. The summed E-state index contributed by atoms with van der Waals surface area (Å²) in [7, 11) is 0. The van der Waals surface area contributed by atoms with E-state index in [9.17, 15) is 9.59 Å². The smallest absolute Gasteiger partial charge is 0.325 e. The molecular weight excluding hydrogens is 316 g/mol. The van der Waals surface area contributed by atoms with Gasteiger partial charge < -0.3 is 10.1 Å². The van der Waals surface area contributed by atoms with Crippen LogP contribution in [0.1, 0.15) is 39.7 Å². The Balaban J connectivity index is 1.90. The number of imide groups is 1. The van der Waals surface area contributed by atoms with Crippen LogP contribution < -0.4 is 5.32 Å². The Kier molecular flexibility index (Phi) is 3.50. The molecule has 1 unspecified atom stereocenters. The van der Waals surface area contributed by atoms with Gasteiger partial charge in [-0.15, -0.1) is 0 Å². The summed E-state index contributed by atoms with van der Waals surface area (Å²) in [5.74, 6) is -0.229. The van der Waals surface area contributed by atoms with Crippen molar-refractivity contribution in [1.29, 1.82) is 0 Å². The zero-order chi connectivity index (χ0) is 17.0. The first kappa shape index (κ1) is 16.3. The number of benzene rings is 1. The van der Waals surface area contributed by atoms with E-state index in [4.69, 9.17) is 16.3 Å². The van der Waals surface area contributed by atoms with Gasteiger partial charge in [0.2, 0.25) is 0 Å². The van der Waals surface area contributed by atoms with Gasteiger partial charge in [0.05, 0.1) is 17.7 Å². The molecule has 5 nitrogen and oxygen atoms in total. The number of carbonyl (C=O) groups is 2. The molecule has 1 aromatic rings. The van der Waals surface area contributed by atoms with Crippen molar-refractivity contribution in [3.63, 3.8) is 0 Å². The first-order valence-corrected chi connectivity index (χ1v) is 8.03. The number of hydrogen-bond acceptors (Lipinski definition) is 3. The van der Waals surface area contributed by atoms with E-state index in [0.717, 1.165) is 5.56 Å². The number of amides is 3. The second-order valence-electron chi connectivity index (χ2n) is 7.40. The molecule has 3 amide bonds. The van der Waals surface area contributed by atoms with Gasteiger partial charge >= 0.3 is 6.03 Å². The molecule has 2 heterocycles. The molecule has 1 N–H and O–H groups in total. The number of urea groups is 1. The molecule has 1 aromatic carbocycles. The lowest BCUT2D eigenvalue weighted by Crippen LogP contribution is -2.59. The molecule has 124 valence electrons. The lowest BCUT2D eigenvalue weighted by atomic mass is 9.79. The lowest BCUT2D eigenvalue weighted by molar-refractivity contribution is -0.138. The van der Waals surface area contributed by atoms with Gasteiger partial charge in [0.25, 0.3) is 5.91 Å². The molecule has 0 bridgehead atoms. The third-order valence-electron chi connectivity index (χ3n) is 4.68. The summed E-state index contributed by atoms with van der Waals surface area (Å²) >= 11 is 5.88. The fourth-order valence-corrected chi connectivity index (χ4v) is 3.86. The summed E-state index contributed by atoms with van der Waals surface area (Å²) in [6.45, 7) is 7.80. The van der Waals surface area contributed by atoms with Crippen molar-refractivity contribution >= 4 is 23.5 Å². The summed E-state index contributed by atoms with van der Waals surface area (Å²) in [5, 5.41) is 3.51. The van der Waals surface area contributed by atoms with Crippen LogP contribution in [0.5, 0.6) is 0 Å². The molecule has 0 aromatic heterocycles. The van der Waals surface area contributed by atoms with Gasteiger partial charge in [0, 0.05) is 11.4 Å². The Bertz CT molecular complexity index is 669. The Morgan fingerprint density at radius 1 is 1.17 bits per heavy atom. The second-order valence-corrected chi connectivity index (χ2v) is 7.84. The third-order valence-corrected chi connectivity index (χ3v) is 4.93. The van der Waals surface area contributed by atoms with E-state index >= 15 is 0 Å². The topological polar surface area (TPSA) is 58.6 Å². The van der Waals surface area contributed by atoms with E-state index in [1.807, 2.05) is 39.8 Å². The first-order valence-electron chi connectivity index (χ1n) is 7.65. The molecule has 0 aliphatic carbocycles. The zero-order valence-corrected chi connectivity index (χ0v) is 14.5. The maximum absolute atomic E-state index is 13.1. The van der Waals surface area contributed by atoms with Crippen molar-refractivity contribution < 1.29 is 14.3 Å². The zero-order valence-electron chi connectivity index (χ0n) is 13.8. The molecular formula is C17H21ClN2O3. The van der Waals surface area contributed by atoms with Crippen molar-refractivity contribution in [3.8, 4) is 0 Å². The largest absolute Gasteiger partial charge is 0.367 e. The molecule has 2 aliphatic rings. The van der Waals surface area contributed by atoms with Crippen molar-refractivity contribution in [2.24, 2.45) is 0 Å². The predicted molar refractivity (Wildman–Crippen MR) is 87.1 cm³/mol. The molecule has 3 rings (SSSR count). The normalized spacial score (nSPS) is 28.5. The van der Waals surface area contributed by atoms with Gasteiger partial charge in [-0.25, -0.2) is 4.79 Å². The average Bonchev–Trinajstić information content (AvgIpc) is 2.76. The fraction of sp³-hybridized carbons (Fsp3) is 0.529. The van der Waals surface area contributed by atoms with Crippen LogP contribution in [0.2, 0.25) is 5.02 Å². The van der Waals surface area contributed by atoms with Crippen molar-refractivity contribution in [2.45, 2.75) is 57.4 Å². The number of hydrogen-bond donors (Lipinski definition) is 1. The second kappa shape index (κ2) is 4.95. The average molecular weight is 337 g/mol. The molecule has 6 heteroatoms. The Hall–Kier alpha value is -1.59. The fourth-order valence-electron chi connectivity index (χ4n) is 3.74. The van der Waals surface area contributed by atoms with Crippen LogP contribution in [0.3, 0.4) is 0 Å².